The molecule has 0 unspecified atom stereocenters. The average molecular weight is 323 g/mol. The van der Waals surface area contributed by atoms with Gasteiger partial charge in [-0.15, -0.1) is 0 Å². The molecule has 0 aromatic heterocycles. The van der Waals surface area contributed by atoms with Crippen molar-refractivity contribution in [3.63, 3.8) is 0 Å². The van der Waals surface area contributed by atoms with E-state index in [1.807, 2.05) is 6.92 Å². The van der Waals surface area contributed by atoms with Crippen LogP contribution >= 0.6 is 0 Å². The van der Waals surface area contributed by atoms with Crippen molar-refractivity contribution < 1.29 is 4.79 Å². The Morgan fingerprint density at radius 1 is 1.29 bits per heavy atom. The predicted octanol–water partition coefficient (Wildman–Crippen LogP) is 2.95. The van der Waals surface area contributed by atoms with Crippen molar-refractivity contribution in [2.75, 3.05) is 6.54 Å². The highest BCUT2D eigenvalue weighted by Gasteiger charge is 2.44. The molecule has 4 nitrogen and oxygen atoms in total. The number of hydrogen-bond donors (Lipinski definition) is 1. The molecule has 126 valence electrons. The highest BCUT2D eigenvalue weighted by atomic mass is 16.2. The van der Waals surface area contributed by atoms with Crippen molar-refractivity contribution >= 4 is 5.91 Å². The summed E-state index contributed by atoms with van der Waals surface area (Å²) < 4.78 is 0. The number of benzene rings is 1. The molecule has 2 fully saturated rings. The first-order valence-corrected chi connectivity index (χ1v) is 9.16. The van der Waals surface area contributed by atoms with Gasteiger partial charge in [0, 0.05) is 12.1 Å². The van der Waals surface area contributed by atoms with Gasteiger partial charge in [0.15, 0.2) is 0 Å². The normalized spacial score (nSPS) is 25.0. The van der Waals surface area contributed by atoms with Crippen LogP contribution in [0.4, 0.5) is 0 Å². The molecule has 1 amide bonds. The van der Waals surface area contributed by atoms with E-state index >= 15 is 0 Å². The zero-order valence-corrected chi connectivity index (χ0v) is 14.3. The van der Waals surface area contributed by atoms with E-state index in [9.17, 15) is 10.1 Å². The summed E-state index contributed by atoms with van der Waals surface area (Å²) >= 11 is 0. The second kappa shape index (κ2) is 5.89. The number of fused-ring (bicyclic) bond motifs is 1. The van der Waals surface area contributed by atoms with E-state index in [-0.39, 0.29) is 5.91 Å². The van der Waals surface area contributed by atoms with E-state index in [4.69, 9.17) is 0 Å². The van der Waals surface area contributed by atoms with Crippen molar-refractivity contribution in [1.29, 1.82) is 5.26 Å². The Morgan fingerprint density at radius 2 is 2.04 bits per heavy atom. The lowest BCUT2D eigenvalue weighted by Crippen LogP contribution is -2.50. The van der Waals surface area contributed by atoms with Gasteiger partial charge in [0.25, 0.3) is 0 Å². The molecule has 24 heavy (non-hydrogen) atoms. The standard InChI is InChI=1S/C20H25N3O/c1-20(13-21,15-7-8-15)22-19(24)12-23(16-9-10-16)18-11-6-14-4-2-3-5-17(14)18/h2-5,15-16,18H,6-12H2,1H3,(H,22,24)/t18-,20+/m0/s1. The number of rotatable bonds is 6. The third kappa shape index (κ3) is 2.93. The van der Waals surface area contributed by atoms with Crippen LogP contribution in [-0.2, 0) is 11.2 Å². The summed E-state index contributed by atoms with van der Waals surface area (Å²) in [6.07, 6.45) is 6.67. The molecule has 1 N–H and O–H groups in total. The van der Waals surface area contributed by atoms with Gasteiger partial charge in [-0.1, -0.05) is 24.3 Å². The van der Waals surface area contributed by atoms with E-state index in [1.165, 1.54) is 24.0 Å². The fourth-order valence-corrected chi connectivity index (χ4v) is 4.16. The van der Waals surface area contributed by atoms with Crippen LogP contribution in [0.5, 0.6) is 0 Å². The molecular formula is C20H25N3O. The van der Waals surface area contributed by atoms with Gasteiger partial charge in [-0.05, 0) is 62.5 Å². The van der Waals surface area contributed by atoms with Crippen LogP contribution in [0.25, 0.3) is 0 Å². The van der Waals surface area contributed by atoms with Gasteiger partial charge in [0.2, 0.25) is 5.91 Å². The molecule has 3 aliphatic carbocycles. The number of hydrogen-bond acceptors (Lipinski definition) is 3. The smallest absolute Gasteiger partial charge is 0.235 e. The van der Waals surface area contributed by atoms with Crippen molar-refractivity contribution in [1.82, 2.24) is 10.2 Å². The lowest BCUT2D eigenvalue weighted by molar-refractivity contribution is -0.124. The Labute approximate surface area is 143 Å². The van der Waals surface area contributed by atoms with Crippen LogP contribution in [0.1, 0.15) is 56.2 Å². The summed E-state index contributed by atoms with van der Waals surface area (Å²) in [5, 5.41) is 12.5. The Morgan fingerprint density at radius 3 is 2.71 bits per heavy atom. The third-order valence-electron chi connectivity index (χ3n) is 5.87. The van der Waals surface area contributed by atoms with Crippen LogP contribution in [0.2, 0.25) is 0 Å². The molecule has 2 atom stereocenters. The summed E-state index contributed by atoms with van der Waals surface area (Å²) in [7, 11) is 0. The Kier molecular flexibility index (Phi) is 3.85. The molecule has 1 aromatic carbocycles. The maximum atomic E-state index is 12.7. The largest absolute Gasteiger partial charge is 0.337 e. The lowest BCUT2D eigenvalue weighted by Gasteiger charge is -2.31. The first-order chi connectivity index (χ1) is 11.6. The summed E-state index contributed by atoms with van der Waals surface area (Å²) in [5.74, 6) is 0.329. The van der Waals surface area contributed by atoms with E-state index in [0.717, 1.165) is 25.7 Å². The number of nitriles is 1. The van der Waals surface area contributed by atoms with Gasteiger partial charge in [0.1, 0.15) is 5.54 Å². The number of carbonyl (C=O) groups excluding carboxylic acids is 1. The Bertz CT molecular complexity index is 686. The molecule has 4 heteroatoms. The topological polar surface area (TPSA) is 56.1 Å². The zero-order valence-electron chi connectivity index (χ0n) is 14.3. The second-order valence-corrected chi connectivity index (χ2v) is 7.79. The van der Waals surface area contributed by atoms with E-state index in [0.29, 0.717) is 24.5 Å². The van der Waals surface area contributed by atoms with Gasteiger partial charge < -0.3 is 5.32 Å². The first kappa shape index (κ1) is 15.7. The number of nitrogens with zero attached hydrogens (tertiary/aromatic N) is 2. The van der Waals surface area contributed by atoms with Crippen LogP contribution in [-0.4, -0.2) is 28.9 Å². The monoisotopic (exact) mass is 323 g/mol. The number of amides is 1. The number of nitrogens with one attached hydrogen (secondary N) is 1. The predicted molar refractivity (Wildman–Crippen MR) is 92.1 cm³/mol. The minimum atomic E-state index is -0.695. The number of carbonyl (C=O) groups is 1. The Balaban J connectivity index is 1.47. The second-order valence-electron chi connectivity index (χ2n) is 7.79. The van der Waals surface area contributed by atoms with Gasteiger partial charge in [-0.2, -0.15) is 5.26 Å². The van der Waals surface area contributed by atoms with Gasteiger partial charge in [0.05, 0.1) is 12.6 Å². The Hall–Kier alpha value is -1.86. The van der Waals surface area contributed by atoms with Gasteiger partial charge in [-0.25, -0.2) is 0 Å². The molecule has 4 rings (SSSR count). The van der Waals surface area contributed by atoms with Crippen molar-refractivity contribution in [3.05, 3.63) is 35.4 Å². The quantitative estimate of drug-likeness (QED) is 0.875. The molecule has 0 aliphatic heterocycles. The highest BCUT2D eigenvalue weighted by Crippen LogP contribution is 2.42. The van der Waals surface area contributed by atoms with Crippen molar-refractivity contribution in [2.45, 2.75) is 63.1 Å². The summed E-state index contributed by atoms with van der Waals surface area (Å²) in [5.41, 5.74) is 2.12. The zero-order chi connectivity index (χ0) is 16.7. The molecular weight excluding hydrogens is 298 g/mol. The summed E-state index contributed by atoms with van der Waals surface area (Å²) in [6, 6.07) is 11.8. The molecule has 3 aliphatic rings. The summed E-state index contributed by atoms with van der Waals surface area (Å²) in [4.78, 5) is 15.0. The first-order valence-electron chi connectivity index (χ1n) is 9.16. The maximum absolute atomic E-state index is 12.7. The molecule has 0 saturated heterocycles. The molecule has 0 radical (unpaired) electrons. The number of aryl methyl sites for hydroxylation is 1. The van der Waals surface area contributed by atoms with Crippen LogP contribution in [0, 0.1) is 17.2 Å². The fourth-order valence-electron chi connectivity index (χ4n) is 4.16. The molecule has 0 heterocycles. The highest BCUT2D eigenvalue weighted by molar-refractivity contribution is 5.79. The van der Waals surface area contributed by atoms with Gasteiger partial charge in [-0.3, -0.25) is 9.69 Å². The SMILES string of the molecule is C[C@](C#N)(NC(=O)CN(C1CC1)[C@H]1CCc2ccccc21)C1CC1. The van der Waals surface area contributed by atoms with Crippen LogP contribution < -0.4 is 5.32 Å². The maximum Gasteiger partial charge on any atom is 0.235 e. The molecule has 2 saturated carbocycles. The minimum absolute atomic E-state index is 0.00207. The molecule has 0 spiro atoms. The van der Waals surface area contributed by atoms with Crippen molar-refractivity contribution in [2.24, 2.45) is 5.92 Å². The van der Waals surface area contributed by atoms with Crippen molar-refractivity contribution in [3.8, 4) is 6.07 Å². The average Bonchev–Trinajstić information content (AvgIpc) is 3.48. The molecule has 1 aromatic rings. The van der Waals surface area contributed by atoms with E-state index in [2.05, 4.69) is 40.6 Å². The van der Waals surface area contributed by atoms with Gasteiger partial charge >= 0.3 is 0 Å². The minimum Gasteiger partial charge on any atom is -0.337 e. The molecule has 0 bridgehead atoms. The van der Waals surface area contributed by atoms with Crippen LogP contribution in [0.3, 0.4) is 0 Å². The van der Waals surface area contributed by atoms with Crippen LogP contribution in [0.15, 0.2) is 24.3 Å². The van der Waals surface area contributed by atoms with E-state index < -0.39 is 5.54 Å². The lowest BCUT2D eigenvalue weighted by atomic mass is 9.98. The summed E-state index contributed by atoms with van der Waals surface area (Å²) in [6.45, 7) is 2.28. The van der Waals surface area contributed by atoms with E-state index in [1.54, 1.807) is 0 Å². The fraction of sp³-hybridized carbons (Fsp3) is 0.600. The third-order valence-corrected chi connectivity index (χ3v) is 5.87.